The molecule has 0 saturated carbocycles. The Kier molecular flexibility index (Phi) is 6.79. The molecule has 1 aliphatic rings. The zero-order valence-corrected chi connectivity index (χ0v) is 21.0. The van der Waals surface area contributed by atoms with Crippen molar-refractivity contribution in [3.63, 3.8) is 0 Å². The van der Waals surface area contributed by atoms with E-state index in [1.165, 1.54) is 27.0 Å². The Hall–Kier alpha value is -2.42. The number of nitrogens with zero attached hydrogens (tertiary/aromatic N) is 3. The fourth-order valence-corrected chi connectivity index (χ4v) is 7.64. The van der Waals surface area contributed by atoms with Gasteiger partial charge in [-0.2, -0.15) is 4.31 Å². The maximum atomic E-state index is 13.1. The van der Waals surface area contributed by atoms with Gasteiger partial charge in [0.25, 0.3) is 15.9 Å². The number of halogens is 1. The molecule has 7 nitrogen and oxygen atoms in total. The van der Waals surface area contributed by atoms with Crippen LogP contribution in [0, 0.1) is 17.8 Å². The van der Waals surface area contributed by atoms with Crippen LogP contribution in [0.3, 0.4) is 0 Å². The molecule has 0 radical (unpaired) electrons. The third-order valence-corrected chi connectivity index (χ3v) is 9.97. The van der Waals surface area contributed by atoms with E-state index in [9.17, 15) is 13.2 Å². The summed E-state index contributed by atoms with van der Waals surface area (Å²) < 4.78 is 28.8. The number of amidine groups is 1. The molecule has 0 atom stereocenters. The summed E-state index contributed by atoms with van der Waals surface area (Å²) in [5.41, 5.74) is 0.632. The van der Waals surface area contributed by atoms with Crippen molar-refractivity contribution < 1.29 is 13.2 Å². The highest BCUT2D eigenvalue weighted by molar-refractivity contribution is 7.91. The lowest BCUT2D eigenvalue weighted by Gasteiger charge is -2.33. The monoisotopic (exact) mass is 520 g/mol. The Morgan fingerprint density at radius 3 is 2.67 bits per heavy atom. The minimum absolute atomic E-state index is 0.160. The highest BCUT2D eigenvalue weighted by Crippen LogP contribution is 2.33. The van der Waals surface area contributed by atoms with Gasteiger partial charge in [-0.05, 0) is 29.7 Å². The summed E-state index contributed by atoms with van der Waals surface area (Å²) in [7, 11) is -1.92. The molecule has 3 aromatic rings. The van der Waals surface area contributed by atoms with E-state index in [4.69, 9.17) is 23.4 Å². The number of carbonyl (C=O) groups is 1. The number of hydrogen-bond acceptors (Lipinski definition) is 6. The van der Waals surface area contributed by atoms with Gasteiger partial charge in [0.2, 0.25) is 0 Å². The van der Waals surface area contributed by atoms with Crippen molar-refractivity contribution in [2.45, 2.75) is 4.21 Å². The molecule has 1 aliphatic heterocycles. The number of fused-ring (bicyclic) bond motifs is 1. The topological polar surface area (TPSA) is 84.8 Å². The molecule has 3 heterocycles. The molecule has 0 unspecified atom stereocenters. The first-order valence-electron chi connectivity index (χ1n) is 10.0. The van der Waals surface area contributed by atoms with Crippen LogP contribution in [0.2, 0.25) is 5.02 Å². The summed E-state index contributed by atoms with van der Waals surface area (Å²) in [6, 6.07) is 8.66. The van der Waals surface area contributed by atoms with Gasteiger partial charge < -0.3 is 9.80 Å². The first-order chi connectivity index (χ1) is 15.7. The number of hydrogen-bond donors (Lipinski definition) is 1. The molecule has 1 amide bonds. The van der Waals surface area contributed by atoms with Crippen molar-refractivity contribution in [1.29, 1.82) is 5.41 Å². The molecule has 4 rings (SSSR count). The summed E-state index contributed by atoms with van der Waals surface area (Å²) in [5, 5.41) is 11.4. The molecule has 1 saturated heterocycles. The van der Waals surface area contributed by atoms with E-state index < -0.39 is 10.0 Å². The molecule has 1 N–H and O–H groups in total. The summed E-state index contributed by atoms with van der Waals surface area (Å²) >= 11 is 8.49. The summed E-state index contributed by atoms with van der Waals surface area (Å²) in [6.45, 7) is 1.36. The van der Waals surface area contributed by atoms with Crippen LogP contribution in [0.1, 0.15) is 15.2 Å². The van der Waals surface area contributed by atoms with E-state index in [0.717, 1.165) is 10.1 Å². The highest BCUT2D eigenvalue weighted by atomic mass is 35.5. The second-order valence-corrected chi connectivity index (χ2v) is 12.1. The molecule has 11 heteroatoms. The Balaban J connectivity index is 1.42. The standard InChI is InChI=1S/C22H21ClN4O3S3/c1-3-6-25(2)21(24)16-11-19(31-14-16)22(28)26-7-9-27(10-8-26)33(29,30)20-12-15-4-5-17(23)13-18(15)32-20/h1,4-5,11-14,24H,6-10H2,2H3. The normalized spacial score (nSPS) is 14.9. The molecule has 2 aromatic heterocycles. The molecule has 172 valence electrons. The fraction of sp³-hybridized carbons (Fsp3) is 0.273. The van der Waals surface area contributed by atoms with Crippen molar-refractivity contribution in [3.8, 4) is 12.3 Å². The average molecular weight is 521 g/mol. The van der Waals surface area contributed by atoms with Gasteiger partial charge in [-0.15, -0.1) is 29.1 Å². The predicted molar refractivity (Wildman–Crippen MR) is 134 cm³/mol. The van der Waals surface area contributed by atoms with Crippen LogP contribution in [0.15, 0.2) is 39.9 Å². The lowest BCUT2D eigenvalue weighted by Crippen LogP contribution is -2.50. The number of carbonyl (C=O) groups excluding carboxylic acids is 1. The molecular weight excluding hydrogens is 500 g/mol. The van der Waals surface area contributed by atoms with Gasteiger partial charge in [0.05, 0.1) is 11.4 Å². The van der Waals surface area contributed by atoms with Crippen molar-refractivity contribution >= 4 is 66.1 Å². The molecule has 33 heavy (non-hydrogen) atoms. The average Bonchev–Trinajstić information content (AvgIpc) is 3.46. The van der Waals surface area contributed by atoms with Gasteiger partial charge in [-0.1, -0.05) is 23.6 Å². The van der Waals surface area contributed by atoms with Crippen LogP contribution < -0.4 is 0 Å². The lowest BCUT2D eigenvalue weighted by molar-refractivity contribution is 0.0703. The zero-order chi connectivity index (χ0) is 23.8. The van der Waals surface area contributed by atoms with Crippen LogP contribution in [0.25, 0.3) is 10.1 Å². The summed E-state index contributed by atoms with van der Waals surface area (Å²) in [6.07, 6.45) is 5.30. The maximum absolute atomic E-state index is 13.1. The van der Waals surface area contributed by atoms with Crippen molar-refractivity contribution in [2.75, 3.05) is 39.8 Å². The SMILES string of the molecule is C#CCN(C)C(=N)c1csc(C(=O)N2CCN(S(=O)(=O)c3cc4ccc(Cl)cc4s3)CC2)c1. The van der Waals surface area contributed by atoms with Crippen molar-refractivity contribution in [3.05, 3.63) is 51.2 Å². The Morgan fingerprint density at radius 2 is 1.97 bits per heavy atom. The van der Waals surface area contributed by atoms with E-state index in [1.807, 2.05) is 6.07 Å². The number of terminal acetylenes is 1. The molecule has 0 aliphatic carbocycles. The number of thiophene rings is 2. The van der Waals surface area contributed by atoms with E-state index in [1.54, 1.807) is 46.5 Å². The highest BCUT2D eigenvalue weighted by Gasteiger charge is 2.32. The molecule has 0 spiro atoms. The van der Waals surface area contributed by atoms with Crippen LogP contribution in [0.5, 0.6) is 0 Å². The van der Waals surface area contributed by atoms with E-state index in [-0.39, 0.29) is 29.0 Å². The number of nitrogens with one attached hydrogen (secondary N) is 1. The number of piperazine rings is 1. The van der Waals surface area contributed by atoms with Crippen LogP contribution in [-0.2, 0) is 10.0 Å². The summed E-state index contributed by atoms with van der Waals surface area (Å²) in [5.74, 6) is 2.59. The minimum Gasteiger partial charge on any atom is -0.348 e. The van der Waals surface area contributed by atoms with E-state index in [2.05, 4.69) is 5.92 Å². The van der Waals surface area contributed by atoms with Crippen LogP contribution in [0.4, 0.5) is 0 Å². The zero-order valence-electron chi connectivity index (χ0n) is 17.7. The predicted octanol–water partition coefficient (Wildman–Crippen LogP) is 3.65. The van der Waals surface area contributed by atoms with Gasteiger partial charge >= 0.3 is 0 Å². The Morgan fingerprint density at radius 1 is 1.24 bits per heavy atom. The molecular formula is C22H21ClN4O3S3. The van der Waals surface area contributed by atoms with Gasteiger partial charge in [0, 0.05) is 53.9 Å². The van der Waals surface area contributed by atoms with E-state index in [0.29, 0.717) is 35.1 Å². The number of sulfonamides is 1. The van der Waals surface area contributed by atoms with Crippen LogP contribution >= 0.6 is 34.3 Å². The molecule has 1 fully saturated rings. The van der Waals surface area contributed by atoms with Crippen molar-refractivity contribution in [2.24, 2.45) is 0 Å². The first-order valence-corrected chi connectivity index (χ1v) is 13.5. The third kappa shape index (κ3) is 4.78. The second-order valence-electron chi connectivity index (χ2n) is 7.55. The fourth-order valence-electron chi connectivity index (χ4n) is 3.53. The maximum Gasteiger partial charge on any atom is 0.264 e. The van der Waals surface area contributed by atoms with Crippen LogP contribution in [-0.4, -0.2) is 74.0 Å². The van der Waals surface area contributed by atoms with Gasteiger partial charge in [0.15, 0.2) is 0 Å². The molecule has 0 bridgehead atoms. The first kappa shape index (κ1) is 23.7. The second kappa shape index (κ2) is 9.44. The smallest absolute Gasteiger partial charge is 0.264 e. The number of rotatable bonds is 5. The number of amides is 1. The van der Waals surface area contributed by atoms with Gasteiger partial charge in [-0.25, -0.2) is 8.42 Å². The lowest BCUT2D eigenvalue weighted by atomic mass is 10.2. The summed E-state index contributed by atoms with van der Waals surface area (Å²) in [4.78, 5) is 16.7. The Labute approximate surface area is 205 Å². The minimum atomic E-state index is -3.65. The van der Waals surface area contributed by atoms with E-state index >= 15 is 0 Å². The third-order valence-electron chi connectivity index (χ3n) is 5.37. The van der Waals surface area contributed by atoms with Gasteiger partial charge in [-0.3, -0.25) is 10.2 Å². The molecule has 1 aromatic carbocycles. The van der Waals surface area contributed by atoms with Gasteiger partial charge in [0.1, 0.15) is 10.0 Å². The number of benzene rings is 1. The largest absolute Gasteiger partial charge is 0.348 e. The van der Waals surface area contributed by atoms with Crippen molar-refractivity contribution in [1.82, 2.24) is 14.1 Å². The Bertz CT molecular complexity index is 1360. The quantitative estimate of drug-likeness (QED) is 0.316.